The Labute approximate surface area is 251 Å². The van der Waals surface area contributed by atoms with Gasteiger partial charge in [0.15, 0.2) is 0 Å². The number of para-hydroxylation sites is 2. The van der Waals surface area contributed by atoms with Crippen molar-refractivity contribution in [3.63, 3.8) is 0 Å². The molecule has 43 heavy (non-hydrogen) atoms. The van der Waals surface area contributed by atoms with E-state index in [1.54, 1.807) is 0 Å². The fourth-order valence-electron chi connectivity index (χ4n) is 6.29. The molecule has 1 heteroatoms. The Kier molecular flexibility index (Phi) is 6.20. The van der Waals surface area contributed by atoms with E-state index in [0.29, 0.717) is 0 Å². The van der Waals surface area contributed by atoms with Gasteiger partial charge in [-0.1, -0.05) is 146 Å². The van der Waals surface area contributed by atoms with Crippen LogP contribution in [0.4, 0.5) is 0 Å². The monoisotopic (exact) mass is 547 g/mol. The molecule has 0 aliphatic rings. The second-order valence-corrected chi connectivity index (χ2v) is 11.0. The maximum absolute atomic E-state index is 2.42. The first kappa shape index (κ1) is 25.1. The molecule has 0 N–H and O–H groups in total. The summed E-state index contributed by atoms with van der Waals surface area (Å²) in [5.41, 5.74) is 13.3. The highest BCUT2D eigenvalue weighted by Crippen LogP contribution is 2.41. The molecule has 0 saturated carbocycles. The molecule has 0 aliphatic carbocycles. The van der Waals surface area contributed by atoms with Gasteiger partial charge >= 0.3 is 0 Å². The molecule has 1 aromatic heterocycles. The van der Waals surface area contributed by atoms with Gasteiger partial charge in [0, 0.05) is 22.0 Å². The van der Waals surface area contributed by atoms with Gasteiger partial charge in [-0.25, -0.2) is 0 Å². The van der Waals surface area contributed by atoms with Gasteiger partial charge in [0.1, 0.15) is 0 Å². The highest BCUT2D eigenvalue weighted by molar-refractivity contribution is 6.15. The fourth-order valence-corrected chi connectivity index (χ4v) is 6.29. The van der Waals surface area contributed by atoms with Gasteiger partial charge < -0.3 is 4.57 Å². The molecular formula is C42H29N. The summed E-state index contributed by atoms with van der Waals surface area (Å²) >= 11 is 0. The van der Waals surface area contributed by atoms with Crippen molar-refractivity contribution in [1.29, 1.82) is 0 Å². The van der Waals surface area contributed by atoms with Crippen LogP contribution in [0.25, 0.3) is 72.0 Å². The van der Waals surface area contributed by atoms with E-state index in [1.807, 2.05) is 0 Å². The van der Waals surface area contributed by atoms with Gasteiger partial charge in [-0.3, -0.25) is 0 Å². The Balaban J connectivity index is 1.37. The zero-order chi connectivity index (χ0) is 28.6. The van der Waals surface area contributed by atoms with Crippen LogP contribution in [-0.2, 0) is 0 Å². The molecule has 0 atom stereocenters. The van der Waals surface area contributed by atoms with Gasteiger partial charge in [0.05, 0.1) is 11.0 Å². The molecule has 8 rings (SSSR count). The number of fused-ring (bicyclic) bond motifs is 3. The van der Waals surface area contributed by atoms with Crippen molar-refractivity contribution in [2.24, 2.45) is 0 Å². The molecular weight excluding hydrogens is 518 g/mol. The van der Waals surface area contributed by atoms with Gasteiger partial charge in [-0.2, -0.15) is 0 Å². The molecule has 8 aromatic rings. The van der Waals surface area contributed by atoms with E-state index in [1.165, 1.54) is 66.3 Å². The van der Waals surface area contributed by atoms with E-state index in [-0.39, 0.29) is 0 Å². The van der Waals surface area contributed by atoms with E-state index in [0.717, 1.165) is 5.69 Å². The Hall–Kier alpha value is -5.66. The van der Waals surface area contributed by atoms with Crippen molar-refractivity contribution in [1.82, 2.24) is 4.57 Å². The second-order valence-electron chi connectivity index (χ2n) is 11.0. The standard InChI is InChI=1S/C42H29N/c1-4-12-30(13-5-1)32-20-22-34(23-21-32)36-28-39(35-26-24-33(25-27-35)31-14-6-2-7-15-31)42-40(29-36)38-18-10-11-19-41(38)43(42)37-16-8-3-9-17-37/h1-29H. The number of rotatable bonds is 5. The third-order valence-corrected chi connectivity index (χ3v) is 8.41. The number of benzene rings is 7. The molecule has 202 valence electrons. The Bertz CT molecular complexity index is 2170. The summed E-state index contributed by atoms with van der Waals surface area (Å²) in [6, 6.07) is 63.4. The largest absolute Gasteiger partial charge is 0.309 e. The highest BCUT2D eigenvalue weighted by atomic mass is 15.0. The van der Waals surface area contributed by atoms with Crippen LogP contribution in [0.15, 0.2) is 176 Å². The van der Waals surface area contributed by atoms with Crippen LogP contribution in [0.5, 0.6) is 0 Å². The van der Waals surface area contributed by atoms with Gasteiger partial charge in [0.25, 0.3) is 0 Å². The third-order valence-electron chi connectivity index (χ3n) is 8.41. The molecule has 0 unspecified atom stereocenters. The van der Waals surface area contributed by atoms with Crippen molar-refractivity contribution < 1.29 is 0 Å². The molecule has 1 heterocycles. The summed E-state index contributed by atoms with van der Waals surface area (Å²) in [5, 5.41) is 2.51. The molecule has 0 saturated heterocycles. The van der Waals surface area contributed by atoms with E-state index < -0.39 is 0 Å². The minimum Gasteiger partial charge on any atom is -0.309 e. The smallest absolute Gasteiger partial charge is 0.0619 e. The predicted octanol–water partition coefficient (Wildman–Crippen LogP) is 11.5. The van der Waals surface area contributed by atoms with Gasteiger partial charge in [0.2, 0.25) is 0 Å². The predicted molar refractivity (Wildman–Crippen MR) is 183 cm³/mol. The van der Waals surface area contributed by atoms with Crippen molar-refractivity contribution >= 4 is 21.8 Å². The zero-order valence-electron chi connectivity index (χ0n) is 23.7. The van der Waals surface area contributed by atoms with Crippen LogP contribution in [0, 0.1) is 0 Å². The molecule has 0 fully saturated rings. The lowest BCUT2D eigenvalue weighted by atomic mass is 9.93. The first-order valence-electron chi connectivity index (χ1n) is 14.8. The number of hydrogen-bond acceptors (Lipinski definition) is 0. The normalized spacial score (nSPS) is 11.3. The molecule has 0 bridgehead atoms. The first-order chi connectivity index (χ1) is 21.3. The minimum absolute atomic E-state index is 1.16. The summed E-state index contributed by atoms with van der Waals surface area (Å²) in [4.78, 5) is 0. The Morgan fingerprint density at radius 2 is 0.744 bits per heavy atom. The molecule has 0 aliphatic heterocycles. The van der Waals surface area contributed by atoms with Crippen LogP contribution in [-0.4, -0.2) is 4.57 Å². The summed E-state index contributed by atoms with van der Waals surface area (Å²) in [7, 11) is 0. The van der Waals surface area contributed by atoms with E-state index in [9.17, 15) is 0 Å². The third kappa shape index (κ3) is 4.52. The fraction of sp³-hybridized carbons (Fsp3) is 0. The summed E-state index contributed by atoms with van der Waals surface area (Å²) < 4.78 is 2.42. The highest BCUT2D eigenvalue weighted by Gasteiger charge is 2.18. The Morgan fingerprint density at radius 3 is 1.33 bits per heavy atom. The van der Waals surface area contributed by atoms with Gasteiger partial charge in [-0.05, 0) is 69.3 Å². The average molecular weight is 548 g/mol. The topological polar surface area (TPSA) is 4.93 Å². The number of hydrogen-bond donors (Lipinski definition) is 0. The van der Waals surface area contributed by atoms with Crippen LogP contribution in [0.3, 0.4) is 0 Å². The number of nitrogens with zero attached hydrogens (tertiary/aromatic N) is 1. The molecule has 1 nitrogen and oxygen atoms in total. The van der Waals surface area contributed by atoms with Crippen molar-refractivity contribution in [2.75, 3.05) is 0 Å². The maximum Gasteiger partial charge on any atom is 0.0619 e. The summed E-state index contributed by atoms with van der Waals surface area (Å²) in [6.07, 6.45) is 0. The molecule has 0 spiro atoms. The lowest BCUT2D eigenvalue weighted by molar-refractivity contribution is 1.18. The van der Waals surface area contributed by atoms with E-state index >= 15 is 0 Å². The van der Waals surface area contributed by atoms with Crippen molar-refractivity contribution in [3.05, 3.63) is 176 Å². The van der Waals surface area contributed by atoms with E-state index in [4.69, 9.17) is 0 Å². The van der Waals surface area contributed by atoms with Crippen LogP contribution in [0.2, 0.25) is 0 Å². The van der Waals surface area contributed by atoms with Crippen molar-refractivity contribution in [2.45, 2.75) is 0 Å². The van der Waals surface area contributed by atoms with Gasteiger partial charge in [-0.15, -0.1) is 0 Å². The summed E-state index contributed by atoms with van der Waals surface area (Å²) in [6.45, 7) is 0. The Morgan fingerprint density at radius 1 is 0.302 bits per heavy atom. The number of aromatic nitrogens is 1. The van der Waals surface area contributed by atoms with E-state index in [2.05, 4.69) is 180 Å². The van der Waals surface area contributed by atoms with Crippen LogP contribution < -0.4 is 0 Å². The molecule has 0 radical (unpaired) electrons. The zero-order valence-corrected chi connectivity index (χ0v) is 23.7. The van der Waals surface area contributed by atoms with Crippen LogP contribution >= 0.6 is 0 Å². The molecule has 7 aromatic carbocycles. The lowest BCUT2D eigenvalue weighted by Gasteiger charge is -2.14. The lowest BCUT2D eigenvalue weighted by Crippen LogP contribution is -1.95. The maximum atomic E-state index is 2.42. The van der Waals surface area contributed by atoms with Crippen molar-refractivity contribution in [3.8, 4) is 50.2 Å². The van der Waals surface area contributed by atoms with Crippen LogP contribution in [0.1, 0.15) is 0 Å². The second kappa shape index (κ2) is 10.6. The first-order valence-corrected chi connectivity index (χ1v) is 14.8. The quantitative estimate of drug-likeness (QED) is 0.202. The minimum atomic E-state index is 1.16. The summed E-state index contributed by atoms with van der Waals surface area (Å²) in [5.74, 6) is 0. The average Bonchev–Trinajstić information content (AvgIpc) is 3.44. The molecule has 0 amide bonds. The SMILES string of the molecule is c1ccc(-c2ccc(-c3cc(-c4ccc(-c5ccccc5)cc4)c4c(c3)c3ccccc3n4-c3ccccc3)cc2)cc1.